The summed E-state index contributed by atoms with van der Waals surface area (Å²) in [6.45, 7) is 1.24. The summed E-state index contributed by atoms with van der Waals surface area (Å²) < 4.78 is 40.9. The van der Waals surface area contributed by atoms with Gasteiger partial charge in [-0.1, -0.05) is 54.6 Å². The molecule has 0 atom stereocenters. The Hall–Kier alpha value is -3.67. The molecule has 0 aliphatic rings. The Morgan fingerprint density at radius 2 is 1.53 bits per heavy atom. The highest BCUT2D eigenvalue weighted by molar-refractivity contribution is 6.10. The summed E-state index contributed by atoms with van der Waals surface area (Å²) in [5.41, 5.74) is 1.48. The third kappa shape index (κ3) is 3.52. The van der Waals surface area contributed by atoms with Crippen LogP contribution in [-0.2, 0) is 11.0 Å². The van der Waals surface area contributed by atoms with E-state index in [2.05, 4.69) is 4.98 Å². The maximum atomic E-state index is 13.6. The van der Waals surface area contributed by atoms with Gasteiger partial charge in [0.05, 0.1) is 22.5 Å². The summed E-state index contributed by atoms with van der Waals surface area (Å²) in [5, 5.41) is 0.747. The smallest absolute Gasteiger partial charge is 0.278 e. The Kier molecular flexibility index (Phi) is 4.99. The van der Waals surface area contributed by atoms with Crippen molar-refractivity contribution in [2.24, 2.45) is 0 Å². The Morgan fingerprint density at radius 3 is 2.23 bits per heavy atom. The molecule has 0 bridgehead atoms. The molecule has 6 heteroatoms. The fourth-order valence-electron chi connectivity index (χ4n) is 3.58. The van der Waals surface area contributed by atoms with Crippen molar-refractivity contribution in [1.82, 2.24) is 4.98 Å². The molecule has 150 valence electrons. The van der Waals surface area contributed by atoms with E-state index in [1.165, 1.54) is 25.1 Å². The van der Waals surface area contributed by atoms with E-state index in [1.807, 2.05) is 36.4 Å². The highest BCUT2D eigenvalue weighted by Crippen LogP contribution is 2.42. The number of benzene rings is 3. The second-order valence-electron chi connectivity index (χ2n) is 6.77. The minimum absolute atomic E-state index is 0.225. The Morgan fingerprint density at radius 1 is 0.833 bits per heavy atom. The monoisotopic (exact) mass is 406 g/mol. The van der Waals surface area contributed by atoms with Crippen LogP contribution in [0.3, 0.4) is 0 Å². The number of aromatic nitrogens is 1. The summed E-state index contributed by atoms with van der Waals surface area (Å²) in [5.74, 6) is -0.536. The predicted molar refractivity (Wildman–Crippen MR) is 111 cm³/mol. The normalized spacial score (nSPS) is 11.5. The van der Waals surface area contributed by atoms with Crippen molar-refractivity contribution in [3.63, 3.8) is 0 Å². The van der Waals surface area contributed by atoms with Crippen LogP contribution in [0.4, 0.5) is 24.5 Å². The van der Waals surface area contributed by atoms with Gasteiger partial charge in [0, 0.05) is 18.5 Å². The Labute approximate surface area is 171 Å². The van der Waals surface area contributed by atoms with E-state index in [1.54, 1.807) is 24.4 Å². The van der Waals surface area contributed by atoms with Crippen molar-refractivity contribution in [1.29, 1.82) is 0 Å². The van der Waals surface area contributed by atoms with Gasteiger partial charge in [-0.25, -0.2) is 0 Å². The lowest BCUT2D eigenvalue weighted by molar-refractivity contribution is -0.137. The van der Waals surface area contributed by atoms with Crippen LogP contribution in [0.2, 0.25) is 0 Å². The number of rotatable bonds is 3. The number of fused-ring (bicyclic) bond motifs is 1. The average Bonchev–Trinajstić information content (AvgIpc) is 2.74. The second kappa shape index (κ2) is 7.63. The second-order valence-corrected chi connectivity index (χ2v) is 6.77. The van der Waals surface area contributed by atoms with Gasteiger partial charge in [0.1, 0.15) is 0 Å². The molecule has 0 fully saturated rings. The molecule has 0 radical (unpaired) electrons. The van der Waals surface area contributed by atoms with Gasteiger partial charge in [0.15, 0.2) is 0 Å². The van der Waals surface area contributed by atoms with Crippen LogP contribution in [0.5, 0.6) is 0 Å². The van der Waals surface area contributed by atoms with Crippen LogP contribution >= 0.6 is 0 Å². The highest BCUT2D eigenvalue weighted by atomic mass is 19.4. The number of nitrogens with zero attached hydrogens (tertiary/aromatic N) is 2. The minimum Gasteiger partial charge on any atom is -0.278 e. The number of hydrogen-bond acceptors (Lipinski definition) is 2. The molecule has 0 spiro atoms. The van der Waals surface area contributed by atoms with Crippen molar-refractivity contribution >= 4 is 28.2 Å². The standard InChI is InChI=1S/C24H17F3N2O/c1-16(30)29(21-12-6-5-11-20(21)24(25,26)27)22-14-13-18(17-8-3-2-4-9-17)19-10-7-15-28-23(19)22/h2-15H,1H3. The van der Waals surface area contributed by atoms with Gasteiger partial charge in [-0.3, -0.25) is 14.7 Å². The molecule has 0 aliphatic carbocycles. The van der Waals surface area contributed by atoms with Gasteiger partial charge in [0.2, 0.25) is 5.91 Å². The first-order valence-corrected chi connectivity index (χ1v) is 9.28. The molecular weight excluding hydrogens is 389 g/mol. The number of hydrogen-bond donors (Lipinski definition) is 0. The number of anilines is 2. The largest absolute Gasteiger partial charge is 0.418 e. The quantitative estimate of drug-likeness (QED) is 0.384. The zero-order chi connectivity index (χ0) is 21.3. The van der Waals surface area contributed by atoms with Crippen molar-refractivity contribution in [3.05, 3.63) is 90.6 Å². The SMILES string of the molecule is CC(=O)N(c1ccccc1C(F)(F)F)c1ccc(-c2ccccc2)c2cccnc12. The number of halogens is 3. The molecule has 30 heavy (non-hydrogen) atoms. The minimum atomic E-state index is -4.60. The predicted octanol–water partition coefficient (Wildman–Crippen LogP) is 6.61. The van der Waals surface area contributed by atoms with Crippen LogP contribution in [0.15, 0.2) is 85.1 Å². The Balaban J connectivity index is 1.98. The zero-order valence-corrected chi connectivity index (χ0v) is 16.0. The van der Waals surface area contributed by atoms with E-state index < -0.39 is 17.6 Å². The molecule has 4 rings (SSSR count). The van der Waals surface area contributed by atoms with E-state index in [4.69, 9.17) is 0 Å². The molecule has 1 amide bonds. The summed E-state index contributed by atoms with van der Waals surface area (Å²) >= 11 is 0. The van der Waals surface area contributed by atoms with Gasteiger partial charge in [-0.05, 0) is 35.4 Å². The van der Waals surface area contributed by atoms with Gasteiger partial charge < -0.3 is 0 Å². The molecule has 3 nitrogen and oxygen atoms in total. The molecule has 0 unspecified atom stereocenters. The third-order valence-electron chi connectivity index (χ3n) is 4.84. The van der Waals surface area contributed by atoms with E-state index >= 15 is 0 Å². The lowest BCUT2D eigenvalue weighted by Crippen LogP contribution is -2.26. The van der Waals surface area contributed by atoms with Crippen molar-refractivity contribution < 1.29 is 18.0 Å². The van der Waals surface area contributed by atoms with Crippen molar-refractivity contribution in [2.45, 2.75) is 13.1 Å². The molecule has 0 saturated carbocycles. The first-order valence-electron chi connectivity index (χ1n) is 9.28. The molecule has 1 heterocycles. The lowest BCUT2D eigenvalue weighted by Gasteiger charge is -2.26. The van der Waals surface area contributed by atoms with Gasteiger partial charge in [-0.15, -0.1) is 0 Å². The molecule has 1 aromatic heterocycles. The fraction of sp³-hybridized carbons (Fsp3) is 0.0833. The molecule has 4 aromatic rings. The van der Waals surface area contributed by atoms with Crippen LogP contribution < -0.4 is 4.90 Å². The number of pyridine rings is 1. The summed E-state index contributed by atoms with van der Waals surface area (Å²) in [6.07, 6.45) is -3.04. The lowest BCUT2D eigenvalue weighted by atomic mass is 9.99. The van der Waals surface area contributed by atoms with Gasteiger partial charge in [0.25, 0.3) is 0 Å². The Bertz CT molecular complexity index is 1220. The topological polar surface area (TPSA) is 33.2 Å². The van der Waals surface area contributed by atoms with Crippen molar-refractivity contribution in [2.75, 3.05) is 4.90 Å². The third-order valence-corrected chi connectivity index (χ3v) is 4.84. The number of para-hydroxylation sites is 1. The fourth-order valence-corrected chi connectivity index (χ4v) is 3.58. The number of amides is 1. The molecule has 0 N–H and O–H groups in total. The van der Waals surface area contributed by atoms with Gasteiger partial charge >= 0.3 is 6.18 Å². The summed E-state index contributed by atoms with van der Waals surface area (Å²) in [7, 11) is 0. The average molecular weight is 406 g/mol. The van der Waals surface area contributed by atoms with Crippen LogP contribution in [0.1, 0.15) is 12.5 Å². The molecule has 3 aromatic carbocycles. The van der Waals surface area contributed by atoms with Crippen LogP contribution in [0.25, 0.3) is 22.0 Å². The highest BCUT2D eigenvalue weighted by Gasteiger charge is 2.36. The number of alkyl halides is 3. The first-order chi connectivity index (χ1) is 14.4. The molecule has 0 aliphatic heterocycles. The molecule has 0 saturated heterocycles. The first kappa shape index (κ1) is 19.6. The van der Waals surface area contributed by atoms with E-state index in [-0.39, 0.29) is 5.69 Å². The number of carbonyl (C=O) groups is 1. The van der Waals surface area contributed by atoms with E-state index in [0.29, 0.717) is 11.2 Å². The maximum absolute atomic E-state index is 13.6. The van der Waals surface area contributed by atoms with Crippen LogP contribution in [0, 0.1) is 0 Å². The van der Waals surface area contributed by atoms with E-state index in [0.717, 1.165) is 27.5 Å². The van der Waals surface area contributed by atoms with E-state index in [9.17, 15) is 18.0 Å². The van der Waals surface area contributed by atoms with Crippen LogP contribution in [-0.4, -0.2) is 10.9 Å². The summed E-state index contributed by atoms with van der Waals surface area (Å²) in [4.78, 5) is 18.0. The molecular formula is C24H17F3N2O. The number of carbonyl (C=O) groups excluding carboxylic acids is 1. The maximum Gasteiger partial charge on any atom is 0.418 e. The van der Waals surface area contributed by atoms with Crippen molar-refractivity contribution in [3.8, 4) is 11.1 Å². The zero-order valence-electron chi connectivity index (χ0n) is 16.0. The summed E-state index contributed by atoms with van der Waals surface area (Å²) in [6, 6.07) is 21.7. The van der Waals surface area contributed by atoms with Gasteiger partial charge in [-0.2, -0.15) is 13.2 Å².